The number of piperazine rings is 1. The molecule has 74 valence electrons. The number of imide groups is 1. The van der Waals surface area contributed by atoms with Crippen LogP contribution in [0.25, 0.3) is 0 Å². The molecule has 2 rings (SSSR count). The van der Waals surface area contributed by atoms with Gasteiger partial charge < -0.3 is 4.90 Å². The second-order valence-electron chi connectivity index (χ2n) is 2.78. The molecule has 1 N–H and O–H groups in total. The number of amides is 2. The lowest BCUT2D eigenvalue weighted by Crippen LogP contribution is -2.51. The zero-order valence-electron chi connectivity index (χ0n) is 6.99. The van der Waals surface area contributed by atoms with E-state index in [0.29, 0.717) is 10.3 Å². The Labute approximate surface area is 88.7 Å². The second kappa shape index (κ2) is 3.55. The molecule has 1 fully saturated rings. The fourth-order valence-corrected chi connectivity index (χ4v) is 2.11. The van der Waals surface area contributed by atoms with Gasteiger partial charge >= 0.3 is 0 Å². The van der Waals surface area contributed by atoms with Gasteiger partial charge in [0.05, 0.1) is 0 Å². The summed E-state index contributed by atoms with van der Waals surface area (Å²) in [6, 6.07) is 0. The molecule has 1 aliphatic heterocycles. The van der Waals surface area contributed by atoms with E-state index < -0.39 is 0 Å². The Bertz CT molecular complexity index is 376. The molecule has 0 aromatic carbocycles. The molecule has 0 spiro atoms. The van der Waals surface area contributed by atoms with E-state index in [-0.39, 0.29) is 24.9 Å². The maximum atomic E-state index is 11.0. The van der Waals surface area contributed by atoms with Gasteiger partial charge in [0, 0.05) is 5.38 Å². The predicted octanol–water partition coefficient (Wildman–Crippen LogP) is 0.259. The summed E-state index contributed by atoms with van der Waals surface area (Å²) in [7, 11) is 0. The van der Waals surface area contributed by atoms with Gasteiger partial charge in [-0.3, -0.25) is 14.9 Å². The zero-order valence-corrected chi connectivity index (χ0v) is 8.56. The molecule has 14 heavy (non-hydrogen) atoms. The summed E-state index contributed by atoms with van der Waals surface area (Å²) in [5, 5.41) is 4.84. The molecule has 2 heterocycles. The summed E-state index contributed by atoms with van der Waals surface area (Å²) < 4.78 is 0. The van der Waals surface area contributed by atoms with Crippen LogP contribution in [0.15, 0.2) is 5.38 Å². The predicted molar refractivity (Wildman–Crippen MR) is 52.5 cm³/mol. The van der Waals surface area contributed by atoms with Gasteiger partial charge in [0.2, 0.25) is 11.8 Å². The number of nitrogens with zero attached hydrogens (tertiary/aromatic N) is 2. The first-order chi connectivity index (χ1) is 6.65. The molecular weight excluding hydrogens is 226 g/mol. The molecule has 0 aliphatic carbocycles. The van der Waals surface area contributed by atoms with Crippen molar-refractivity contribution < 1.29 is 9.59 Å². The number of anilines is 1. The number of hydrogen-bond acceptors (Lipinski definition) is 5. The lowest BCUT2D eigenvalue weighted by atomic mass is 10.4. The Balaban J connectivity index is 2.18. The summed E-state index contributed by atoms with van der Waals surface area (Å²) in [6.07, 6.45) is 0. The highest BCUT2D eigenvalue weighted by molar-refractivity contribution is 7.14. The molecule has 0 atom stereocenters. The largest absolute Gasteiger partial charge is 0.329 e. The van der Waals surface area contributed by atoms with Crippen LogP contribution in [0.2, 0.25) is 5.15 Å². The fraction of sp³-hybridized carbons (Fsp3) is 0.286. The minimum absolute atomic E-state index is 0.148. The molecule has 1 aromatic rings. The molecule has 1 aliphatic rings. The number of aromatic nitrogens is 1. The first-order valence-electron chi connectivity index (χ1n) is 3.84. The van der Waals surface area contributed by atoms with Crippen LogP contribution in [-0.2, 0) is 9.59 Å². The van der Waals surface area contributed by atoms with E-state index in [1.165, 1.54) is 11.3 Å². The van der Waals surface area contributed by atoms with Crippen LogP contribution in [0.1, 0.15) is 0 Å². The van der Waals surface area contributed by atoms with Crippen LogP contribution in [0.4, 0.5) is 5.13 Å². The van der Waals surface area contributed by atoms with Gasteiger partial charge in [-0.15, -0.1) is 11.3 Å². The zero-order chi connectivity index (χ0) is 10.1. The van der Waals surface area contributed by atoms with Gasteiger partial charge in [0.1, 0.15) is 18.2 Å². The van der Waals surface area contributed by atoms with Crippen molar-refractivity contribution in [2.75, 3.05) is 18.0 Å². The molecule has 0 saturated carbocycles. The highest BCUT2D eigenvalue weighted by Gasteiger charge is 2.24. The lowest BCUT2D eigenvalue weighted by molar-refractivity contribution is -0.130. The third-order valence-corrected chi connectivity index (χ3v) is 2.91. The Morgan fingerprint density at radius 2 is 2.07 bits per heavy atom. The molecule has 1 saturated heterocycles. The summed E-state index contributed by atoms with van der Waals surface area (Å²) >= 11 is 6.95. The molecular formula is C7H6ClN3O2S. The topological polar surface area (TPSA) is 62.3 Å². The average Bonchev–Trinajstić information content (AvgIpc) is 2.50. The minimum atomic E-state index is -0.312. The average molecular weight is 232 g/mol. The molecule has 0 radical (unpaired) electrons. The number of nitrogens with one attached hydrogen (secondary N) is 1. The first-order valence-corrected chi connectivity index (χ1v) is 5.09. The van der Waals surface area contributed by atoms with Gasteiger partial charge in [-0.25, -0.2) is 4.98 Å². The highest BCUT2D eigenvalue weighted by atomic mass is 35.5. The van der Waals surface area contributed by atoms with Crippen molar-refractivity contribution in [3.8, 4) is 0 Å². The highest BCUT2D eigenvalue weighted by Crippen LogP contribution is 2.23. The minimum Gasteiger partial charge on any atom is -0.329 e. The third kappa shape index (κ3) is 1.85. The van der Waals surface area contributed by atoms with Crippen LogP contribution < -0.4 is 10.2 Å². The van der Waals surface area contributed by atoms with Crippen LogP contribution in [0.3, 0.4) is 0 Å². The maximum absolute atomic E-state index is 11.0. The van der Waals surface area contributed by atoms with Crippen molar-refractivity contribution in [1.82, 2.24) is 10.3 Å². The number of halogens is 1. The van der Waals surface area contributed by atoms with Crippen LogP contribution >= 0.6 is 22.9 Å². The van der Waals surface area contributed by atoms with Gasteiger partial charge in [-0.1, -0.05) is 11.6 Å². The van der Waals surface area contributed by atoms with Crippen LogP contribution in [-0.4, -0.2) is 29.9 Å². The number of thiazole rings is 1. The summed E-state index contributed by atoms with van der Waals surface area (Å²) in [6.45, 7) is 0.297. The van der Waals surface area contributed by atoms with Crippen molar-refractivity contribution in [1.29, 1.82) is 0 Å². The van der Waals surface area contributed by atoms with E-state index in [4.69, 9.17) is 11.6 Å². The normalized spacial score (nSPS) is 17.1. The molecule has 1 aromatic heterocycles. The summed E-state index contributed by atoms with van der Waals surface area (Å²) in [5.41, 5.74) is 0. The summed E-state index contributed by atoms with van der Waals surface area (Å²) in [4.78, 5) is 27.6. The smallest absolute Gasteiger partial charge is 0.246 e. The first kappa shape index (κ1) is 9.42. The van der Waals surface area contributed by atoms with Gasteiger partial charge in [0.15, 0.2) is 5.13 Å². The number of hydrogen-bond donors (Lipinski definition) is 1. The standard InChI is InChI=1S/C7H6ClN3O2S/c8-4-3-14-7(9-4)11-1-5(12)10-6(13)2-11/h3H,1-2H2,(H,10,12,13). The quantitative estimate of drug-likeness (QED) is 0.705. The number of carbonyl (C=O) groups excluding carboxylic acids is 2. The van der Waals surface area contributed by atoms with Gasteiger partial charge in [0.25, 0.3) is 0 Å². The second-order valence-corrected chi connectivity index (χ2v) is 4.00. The van der Waals surface area contributed by atoms with Crippen molar-refractivity contribution >= 4 is 39.9 Å². The fourth-order valence-electron chi connectivity index (χ4n) is 1.16. The van der Waals surface area contributed by atoms with E-state index in [2.05, 4.69) is 10.3 Å². The Hall–Kier alpha value is -1.14. The van der Waals surface area contributed by atoms with E-state index in [9.17, 15) is 9.59 Å². The van der Waals surface area contributed by atoms with E-state index in [1.807, 2.05) is 0 Å². The molecule has 7 heteroatoms. The summed E-state index contributed by atoms with van der Waals surface area (Å²) in [5.74, 6) is -0.625. The monoisotopic (exact) mass is 231 g/mol. The van der Waals surface area contributed by atoms with Crippen molar-refractivity contribution in [2.45, 2.75) is 0 Å². The molecule has 0 unspecified atom stereocenters. The number of carbonyl (C=O) groups is 2. The maximum Gasteiger partial charge on any atom is 0.246 e. The Kier molecular flexibility index (Phi) is 2.39. The van der Waals surface area contributed by atoms with Crippen LogP contribution in [0.5, 0.6) is 0 Å². The van der Waals surface area contributed by atoms with Gasteiger partial charge in [-0.05, 0) is 0 Å². The molecule has 2 amide bonds. The number of rotatable bonds is 1. The SMILES string of the molecule is O=C1CN(c2nc(Cl)cs2)CC(=O)N1. The van der Waals surface area contributed by atoms with Gasteiger partial charge in [-0.2, -0.15) is 0 Å². The van der Waals surface area contributed by atoms with E-state index in [0.717, 1.165) is 0 Å². The lowest BCUT2D eigenvalue weighted by Gasteiger charge is -2.24. The van der Waals surface area contributed by atoms with Crippen molar-refractivity contribution in [3.05, 3.63) is 10.5 Å². The third-order valence-electron chi connectivity index (χ3n) is 1.68. The van der Waals surface area contributed by atoms with Crippen molar-refractivity contribution in [2.24, 2.45) is 0 Å². The molecule has 5 nitrogen and oxygen atoms in total. The Morgan fingerprint density at radius 3 is 2.57 bits per heavy atom. The molecule has 0 bridgehead atoms. The van der Waals surface area contributed by atoms with E-state index >= 15 is 0 Å². The Morgan fingerprint density at radius 1 is 1.43 bits per heavy atom. The van der Waals surface area contributed by atoms with Crippen molar-refractivity contribution in [3.63, 3.8) is 0 Å². The van der Waals surface area contributed by atoms with E-state index in [1.54, 1.807) is 10.3 Å². The van der Waals surface area contributed by atoms with Crippen LogP contribution in [0, 0.1) is 0 Å².